The lowest BCUT2D eigenvalue weighted by Crippen LogP contribution is -2.38. The average molecular weight is 306 g/mol. The van der Waals surface area contributed by atoms with Crippen LogP contribution in [0.2, 0.25) is 0 Å². The third-order valence-electron chi connectivity index (χ3n) is 3.48. The lowest BCUT2D eigenvalue weighted by molar-refractivity contribution is -0.136. The van der Waals surface area contributed by atoms with Crippen molar-refractivity contribution in [3.63, 3.8) is 0 Å². The van der Waals surface area contributed by atoms with Gasteiger partial charge < -0.3 is 15.7 Å². The molecule has 0 heterocycles. The van der Waals surface area contributed by atoms with Gasteiger partial charge in [-0.1, -0.05) is 24.6 Å². The van der Waals surface area contributed by atoms with Crippen molar-refractivity contribution in [3.8, 4) is 0 Å². The third-order valence-corrected chi connectivity index (χ3v) is 3.48. The summed E-state index contributed by atoms with van der Waals surface area (Å²) in [4.78, 5) is 23.8. The van der Waals surface area contributed by atoms with Gasteiger partial charge in [-0.15, -0.1) is 0 Å². The zero-order valence-electron chi connectivity index (χ0n) is 14.0. The van der Waals surface area contributed by atoms with Gasteiger partial charge in [0.25, 0.3) is 0 Å². The topological polar surface area (TPSA) is 78.4 Å². The molecule has 122 valence electrons. The van der Waals surface area contributed by atoms with Crippen molar-refractivity contribution in [2.24, 2.45) is 5.92 Å². The number of amides is 2. The minimum absolute atomic E-state index is 0.111. The number of nitrogens with one attached hydrogen (secondary N) is 2. The monoisotopic (exact) mass is 306 g/mol. The maximum absolute atomic E-state index is 12.0. The molecule has 0 saturated heterocycles. The Bertz CT molecular complexity index is 530. The van der Waals surface area contributed by atoms with Gasteiger partial charge in [0.15, 0.2) is 0 Å². The molecule has 0 aliphatic heterocycles. The van der Waals surface area contributed by atoms with Crippen molar-refractivity contribution in [2.45, 2.75) is 47.1 Å². The van der Waals surface area contributed by atoms with Gasteiger partial charge in [-0.05, 0) is 51.2 Å². The number of hydrogen-bond acceptors (Lipinski definition) is 3. The molecular weight excluding hydrogens is 280 g/mol. The van der Waals surface area contributed by atoms with Gasteiger partial charge in [-0.25, -0.2) is 0 Å². The summed E-state index contributed by atoms with van der Waals surface area (Å²) in [7, 11) is 0. The van der Waals surface area contributed by atoms with Gasteiger partial charge in [-0.2, -0.15) is 0 Å². The Kier molecular flexibility index (Phi) is 6.56. The standard InChI is InChI=1S/C17H26N2O3/c1-10-6-12(3)15(13(4)7-10)19-17(22)16(21)18-9-11(2)8-14(5)20/h6-7,11,14,20H,8-9H2,1-5H3,(H,18,21)(H,19,22). The minimum Gasteiger partial charge on any atom is -0.393 e. The number of anilines is 1. The Hall–Kier alpha value is -1.88. The Morgan fingerprint density at radius 2 is 1.64 bits per heavy atom. The first kappa shape index (κ1) is 18.2. The molecule has 0 bridgehead atoms. The number of aryl methyl sites for hydroxylation is 3. The fraction of sp³-hybridized carbons (Fsp3) is 0.529. The van der Waals surface area contributed by atoms with Crippen LogP contribution in [0.5, 0.6) is 0 Å². The molecule has 2 unspecified atom stereocenters. The summed E-state index contributed by atoms with van der Waals surface area (Å²) in [6.45, 7) is 9.77. The molecule has 0 aromatic heterocycles. The molecule has 2 atom stereocenters. The van der Waals surface area contributed by atoms with Crippen LogP contribution in [0.3, 0.4) is 0 Å². The fourth-order valence-electron chi connectivity index (χ4n) is 2.56. The second kappa shape index (κ2) is 7.94. The van der Waals surface area contributed by atoms with Crippen LogP contribution in [-0.2, 0) is 9.59 Å². The molecule has 3 N–H and O–H groups in total. The zero-order chi connectivity index (χ0) is 16.9. The van der Waals surface area contributed by atoms with E-state index in [4.69, 9.17) is 0 Å². The van der Waals surface area contributed by atoms with Gasteiger partial charge in [0.2, 0.25) is 0 Å². The van der Waals surface area contributed by atoms with Gasteiger partial charge in [0.05, 0.1) is 6.10 Å². The SMILES string of the molecule is Cc1cc(C)c(NC(=O)C(=O)NCC(C)CC(C)O)c(C)c1. The van der Waals surface area contributed by atoms with Crippen LogP contribution in [0.4, 0.5) is 5.69 Å². The molecule has 0 aliphatic carbocycles. The number of aliphatic hydroxyl groups is 1. The summed E-state index contributed by atoms with van der Waals surface area (Å²) in [6.07, 6.45) is 0.163. The van der Waals surface area contributed by atoms with Gasteiger partial charge in [0.1, 0.15) is 0 Å². The summed E-state index contributed by atoms with van der Waals surface area (Å²) in [6, 6.07) is 3.93. The first-order chi connectivity index (χ1) is 10.2. The number of benzene rings is 1. The second-order valence-corrected chi connectivity index (χ2v) is 6.13. The van der Waals surface area contributed by atoms with Gasteiger partial charge in [-0.3, -0.25) is 9.59 Å². The lowest BCUT2D eigenvalue weighted by Gasteiger charge is -2.15. The van der Waals surface area contributed by atoms with Crippen molar-refractivity contribution >= 4 is 17.5 Å². The van der Waals surface area contributed by atoms with Crippen LogP contribution < -0.4 is 10.6 Å². The Labute approximate surface area is 132 Å². The number of hydrogen-bond donors (Lipinski definition) is 3. The number of carbonyl (C=O) groups is 2. The maximum Gasteiger partial charge on any atom is 0.313 e. The van der Waals surface area contributed by atoms with Crippen LogP contribution in [0, 0.1) is 26.7 Å². The van der Waals surface area contributed by atoms with E-state index in [9.17, 15) is 14.7 Å². The van der Waals surface area contributed by atoms with E-state index in [0.29, 0.717) is 18.7 Å². The Balaban J connectivity index is 2.60. The molecule has 22 heavy (non-hydrogen) atoms. The van der Waals surface area contributed by atoms with Crippen LogP contribution in [0.15, 0.2) is 12.1 Å². The van der Waals surface area contributed by atoms with Crippen molar-refractivity contribution in [2.75, 3.05) is 11.9 Å². The molecule has 0 fully saturated rings. The minimum atomic E-state index is -0.667. The van der Waals surface area contributed by atoms with E-state index in [1.807, 2.05) is 39.8 Å². The van der Waals surface area contributed by atoms with E-state index in [-0.39, 0.29) is 5.92 Å². The zero-order valence-corrected chi connectivity index (χ0v) is 14.0. The molecular formula is C17H26N2O3. The summed E-state index contributed by atoms with van der Waals surface area (Å²) in [5.41, 5.74) is 3.66. The smallest absolute Gasteiger partial charge is 0.313 e. The van der Waals surface area contributed by atoms with Crippen molar-refractivity contribution in [1.82, 2.24) is 5.32 Å². The predicted molar refractivity (Wildman–Crippen MR) is 87.8 cm³/mol. The van der Waals surface area contributed by atoms with E-state index in [1.54, 1.807) is 6.92 Å². The first-order valence-corrected chi connectivity index (χ1v) is 7.55. The highest BCUT2D eigenvalue weighted by molar-refractivity contribution is 6.39. The van der Waals surface area contributed by atoms with E-state index in [2.05, 4.69) is 10.6 Å². The van der Waals surface area contributed by atoms with Crippen LogP contribution in [0.25, 0.3) is 0 Å². The van der Waals surface area contributed by atoms with Crippen LogP contribution >= 0.6 is 0 Å². The molecule has 0 saturated carbocycles. The molecule has 1 rings (SSSR count). The molecule has 2 amide bonds. The molecule has 5 nitrogen and oxygen atoms in total. The molecule has 1 aromatic rings. The summed E-state index contributed by atoms with van der Waals surface area (Å²) < 4.78 is 0. The Morgan fingerprint density at radius 3 is 2.14 bits per heavy atom. The Morgan fingerprint density at radius 1 is 1.09 bits per heavy atom. The van der Waals surface area contributed by atoms with Crippen LogP contribution in [-0.4, -0.2) is 29.6 Å². The van der Waals surface area contributed by atoms with Gasteiger partial charge in [0, 0.05) is 12.2 Å². The number of aliphatic hydroxyl groups excluding tert-OH is 1. The molecule has 1 aromatic carbocycles. The van der Waals surface area contributed by atoms with Crippen molar-refractivity contribution in [3.05, 3.63) is 28.8 Å². The van der Waals surface area contributed by atoms with E-state index >= 15 is 0 Å². The summed E-state index contributed by atoms with van der Waals surface area (Å²) in [5.74, 6) is -1.21. The van der Waals surface area contributed by atoms with E-state index in [0.717, 1.165) is 16.7 Å². The highest BCUT2D eigenvalue weighted by Crippen LogP contribution is 2.21. The third kappa shape index (κ3) is 5.48. The average Bonchev–Trinajstić information content (AvgIpc) is 2.39. The second-order valence-electron chi connectivity index (χ2n) is 6.13. The van der Waals surface area contributed by atoms with Crippen molar-refractivity contribution in [1.29, 1.82) is 0 Å². The number of carbonyl (C=O) groups excluding carboxylic acids is 2. The normalized spacial score (nSPS) is 13.4. The van der Waals surface area contributed by atoms with E-state index in [1.165, 1.54) is 0 Å². The molecule has 0 radical (unpaired) electrons. The summed E-state index contributed by atoms with van der Waals surface area (Å²) >= 11 is 0. The fourth-order valence-corrected chi connectivity index (χ4v) is 2.56. The highest BCUT2D eigenvalue weighted by atomic mass is 16.3. The maximum atomic E-state index is 12.0. The molecule has 0 spiro atoms. The summed E-state index contributed by atoms with van der Waals surface area (Å²) in [5, 5.41) is 14.5. The highest BCUT2D eigenvalue weighted by Gasteiger charge is 2.17. The first-order valence-electron chi connectivity index (χ1n) is 7.55. The quantitative estimate of drug-likeness (QED) is 0.729. The molecule has 5 heteroatoms. The lowest BCUT2D eigenvalue weighted by atomic mass is 10.0. The largest absolute Gasteiger partial charge is 0.393 e. The number of rotatable bonds is 5. The van der Waals surface area contributed by atoms with Crippen molar-refractivity contribution < 1.29 is 14.7 Å². The van der Waals surface area contributed by atoms with Gasteiger partial charge >= 0.3 is 11.8 Å². The molecule has 0 aliphatic rings. The van der Waals surface area contributed by atoms with Crippen LogP contribution in [0.1, 0.15) is 37.0 Å². The van der Waals surface area contributed by atoms with E-state index < -0.39 is 17.9 Å². The predicted octanol–water partition coefficient (Wildman–Crippen LogP) is 2.07.